The fourth-order valence-corrected chi connectivity index (χ4v) is 2.25. The van der Waals surface area contributed by atoms with Crippen molar-refractivity contribution >= 4 is 28.7 Å². The van der Waals surface area contributed by atoms with Crippen molar-refractivity contribution in [2.24, 2.45) is 5.10 Å². The van der Waals surface area contributed by atoms with Gasteiger partial charge in [0.15, 0.2) is 5.11 Å². The van der Waals surface area contributed by atoms with Gasteiger partial charge in [-0.05, 0) is 50.3 Å². The fraction of sp³-hybridized carbons (Fsp3) is 0.222. The molecule has 0 amide bonds. The molecule has 5 nitrogen and oxygen atoms in total. The molecule has 0 unspecified atom stereocenters. The summed E-state index contributed by atoms with van der Waals surface area (Å²) in [5.41, 5.74) is 6.57. The molecule has 0 bridgehead atoms. The molecule has 0 aromatic heterocycles. The molecule has 0 aliphatic heterocycles. The largest absolute Gasteiger partial charge is 0.497 e. The van der Waals surface area contributed by atoms with E-state index < -0.39 is 0 Å². The van der Waals surface area contributed by atoms with Crippen LogP contribution in [0, 0.1) is 6.92 Å². The Hall–Kier alpha value is -2.60. The van der Waals surface area contributed by atoms with Crippen LogP contribution >= 0.6 is 12.2 Å². The van der Waals surface area contributed by atoms with Gasteiger partial charge < -0.3 is 14.8 Å². The molecule has 0 atom stereocenters. The lowest BCUT2D eigenvalue weighted by Crippen LogP contribution is -2.25. The third kappa shape index (κ3) is 4.70. The van der Waals surface area contributed by atoms with E-state index in [1.54, 1.807) is 14.2 Å². The number of rotatable bonds is 5. The summed E-state index contributed by atoms with van der Waals surface area (Å²) >= 11 is 5.26. The number of thiocarbonyl (C=S) groups is 1. The zero-order chi connectivity index (χ0) is 17.5. The lowest BCUT2D eigenvalue weighted by molar-refractivity contribution is 0.394. The SMILES string of the molecule is COc1ccc(/C(C)=N/NC(=S)Nc2ccc(C)cc2)c(OC)c1. The number of nitrogens with one attached hydrogen (secondary N) is 2. The Morgan fingerprint density at radius 1 is 1.04 bits per heavy atom. The van der Waals surface area contributed by atoms with Gasteiger partial charge in [0.2, 0.25) is 0 Å². The molecule has 2 rings (SSSR count). The number of hydrazone groups is 1. The van der Waals surface area contributed by atoms with E-state index in [0.717, 1.165) is 22.7 Å². The van der Waals surface area contributed by atoms with Crippen molar-refractivity contribution in [3.05, 3.63) is 53.6 Å². The second-order valence-corrected chi connectivity index (χ2v) is 5.60. The lowest BCUT2D eigenvalue weighted by Gasteiger charge is -2.11. The van der Waals surface area contributed by atoms with Gasteiger partial charge in [0.25, 0.3) is 0 Å². The van der Waals surface area contributed by atoms with Crippen molar-refractivity contribution in [3.63, 3.8) is 0 Å². The standard InChI is InChI=1S/C18H21N3O2S/c1-12-5-7-14(8-6-12)19-18(24)21-20-13(2)16-10-9-15(22-3)11-17(16)23-4/h5-11H,1-4H3,(H2,19,21,24)/b20-13+. The highest BCUT2D eigenvalue weighted by Gasteiger charge is 2.08. The molecule has 0 aliphatic carbocycles. The first-order chi connectivity index (χ1) is 11.5. The highest BCUT2D eigenvalue weighted by atomic mass is 32.1. The Bertz CT molecular complexity index is 742. The molecular formula is C18H21N3O2S. The molecular weight excluding hydrogens is 322 g/mol. The minimum atomic E-state index is 0.422. The number of hydrogen-bond donors (Lipinski definition) is 2. The summed E-state index contributed by atoms with van der Waals surface area (Å²) in [7, 11) is 3.23. The van der Waals surface area contributed by atoms with E-state index in [4.69, 9.17) is 21.7 Å². The molecule has 0 aliphatic rings. The van der Waals surface area contributed by atoms with Crippen LogP contribution in [-0.2, 0) is 0 Å². The molecule has 2 aromatic rings. The van der Waals surface area contributed by atoms with Gasteiger partial charge in [-0.15, -0.1) is 0 Å². The summed E-state index contributed by atoms with van der Waals surface area (Å²) < 4.78 is 10.6. The molecule has 0 fully saturated rings. The van der Waals surface area contributed by atoms with Crippen LogP contribution in [0.3, 0.4) is 0 Å². The van der Waals surface area contributed by atoms with Crippen LogP contribution in [0.15, 0.2) is 47.6 Å². The molecule has 0 saturated heterocycles. The Kier molecular flexibility index (Phi) is 6.14. The normalized spacial score (nSPS) is 10.9. The second-order valence-electron chi connectivity index (χ2n) is 5.20. The maximum Gasteiger partial charge on any atom is 0.191 e. The number of nitrogens with zero attached hydrogens (tertiary/aromatic N) is 1. The summed E-state index contributed by atoms with van der Waals surface area (Å²) in [6.07, 6.45) is 0. The van der Waals surface area contributed by atoms with Gasteiger partial charge in [0, 0.05) is 17.3 Å². The van der Waals surface area contributed by atoms with Crippen LogP contribution in [0.25, 0.3) is 0 Å². The molecule has 0 saturated carbocycles. The van der Waals surface area contributed by atoms with Crippen molar-refractivity contribution in [2.45, 2.75) is 13.8 Å². The zero-order valence-corrected chi connectivity index (χ0v) is 15.0. The van der Waals surface area contributed by atoms with Gasteiger partial charge in [0.1, 0.15) is 11.5 Å². The molecule has 0 spiro atoms. The minimum absolute atomic E-state index is 0.422. The first-order valence-electron chi connectivity index (χ1n) is 7.44. The Morgan fingerprint density at radius 3 is 2.38 bits per heavy atom. The van der Waals surface area contributed by atoms with Gasteiger partial charge in [-0.1, -0.05) is 17.7 Å². The van der Waals surface area contributed by atoms with Crippen molar-refractivity contribution in [1.82, 2.24) is 5.43 Å². The van der Waals surface area contributed by atoms with Crippen LogP contribution in [0.2, 0.25) is 0 Å². The molecule has 2 N–H and O–H groups in total. The topological polar surface area (TPSA) is 54.9 Å². The summed E-state index contributed by atoms with van der Waals surface area (Å²) in [6.45, 7) is 3.92. The molecule has 0 heterocycles. The maximum atomic E-state index is 5.39. The van der Waals surface area contributed by atoms with Gasteiger partial charge in [-0.3, -0.25) is 5.43 Å². The molecule has 24 heavy (non-hydrogen) atoms. The number of ether oxygens (including phenoxy) is 2. The number of methoxy groups -OCH3 is 2. The average Bonchev–Trinajstić information content (AvgIpc) is 2.61. The zero-order valence-electron chi connectivity index (χ0n) is 14.2. The van der Waals surface area contributed by atoms with E-state index in [9.17, 15) is 0 Å². The van der Waals surface area contributed by atoms with Gasteiger partial charge in [-0.25, -0.2) is 0 Å². The van der Waals surface area contributed by atoms with E-state index in [1.807, 2.05) is 56.3 Å². The Morgan fingerprint density at radius 2 is 1.75 bits per heavy atom. The number of benzene rings is 2. The Labute approximate surface area is 147 Å². The number of anilines is 1. The first-order valence-corrected chi connectivity index (χ1v) is 7.84. The third-order valence-electron chi connectivity index (χ3n) is 3.43. The molecule has 2 aromatic carbocycles. The average molecular weight is 343 g/mol. The predicted octanol–water partition coefficient (Wildman–Crippen LogP) is 3.72. The van der Waals surface area contributed by atoms with E-state index >= 15 is 0 Å². The summed E-state index contributed by atoms with van der Waals surface area (Å²) in [5.74, 6) is 1.42. The molecule has 6 heteroatoms. The van der Waals surface area contributed by atoms with Crippen LogP contribution in [0.5, 0.6) is 11.5 Å². The van der Waals surface area contributed by atoms with E-state index in [-0.39, 0.29) is 0 Å². The highest BCUT2D eigenvalue weighted by Crippen LogP contribution is 2.25. The van der Waals surface area contributed by atoms with Crippen molar-refractivity contribution in [2.75, 3.05) is 19.5 Å². The lowest BCUT2D eigenvalue weighted by atomic mass is 10.1. The van der Waals surface area contributed by atoms with E-state index in [2.05, 4.69) is 15.8 Å². The number of aryl methyl sites for hydroxylation is 1. The van der Waals surface area contributed by atoms with E-state index in [0.29, 0.717) is 10.9 Å². The quantitative estimate of drug-likeness (QED) is 0.492. The van der Waals surface area contributed by atoms with Gasteiger partial charge in [0.05, 0.1) is 19.9 Å². The second kappa shape index (κ2) is 8.31. The van der Waals surface area contributed by atoms with Gasteiger partial charge in [-0.2, -0.15) is 5.10 Å². The van der Waals surface area contributed by atoms with Crippen LogP contribution in [0.1, 0.15) is 18.1 Å². The third-order valence-corrected chi connectivity index (χ3v) is 3.63. The smallest absolute Gasteiger partial charge is 0.191 e. The Balaban J connectivity index is 2.05. The van der Waals surface area contributed by atoms with Crippen LogP contribution < -0.4 is 20.2 Å². The van der Waals surface area contributed by atoms with Crippen molar-refractivity contribution in [1.29, 1.82) is 0 Å². The summed E-state index contributed by atoms with van der Waals surface area (Å²) in [6, 6.07) is 13.5. The maximum absolute atomic E-state index is 5.39. The first kappa shape index (κ1) is 17.7. The van der Waals surface area contributed by atoms with Crippen LogP contribution in [0.4, 0.5) is 5.69 Å². The van der Waals surface area contributed by atoms with Crippen molar-refractivity contribution in [3.8, 4) is 11.5 Å². The number of hydrogen-bond acceptors (Lipinski definition) is 4. The summed E-state index contributed by atoms with van der Waals surface area (Å²) in [5, 5.41) is 7.82. The molecule has 126 valence electrons. The van der Waals surface area contributed by atoms with Gasteiger partial charge >= 0.3 is 0 Å². The fourth-order valence-electron chi connectivity index (χ4n) is 2.09. The molecule has 0 radical (unpaired) electrons. The highest BCUT2D eigenvalue weighted by molar-refractivity contribution is 7.80. The minimum Gasteiger partial charge on any atom is -0.497 e. The van der Waals surface area contributed by atoms with Crippen LogP contribution in [-0.4, -0.2) is 25.0 Å². The predicted molar refractivity (Wildman–Crippen MR) is 102 cm³/mol. The monoisotopic (exact) mass is 343 g/mol. The summed E-state index contributed by atoms with van der Waals surface area (Å²) in [4.78, 5) is 0. The van der Waals surface area contributed by atoms with Crippen molar-refractivity contribution < 1.29 is 9.47 Å². The van der Waals surface area contributed by atoms with E-state index in [1.165, 1.54) is 5.56 Å².